The van der Waals surface area contributed by atoms with Crippen LogP contribution in [0.25, 0.3) is 28.2 Å². The predicted molar refractivity (Wildman–Crippen MR) is 145 cm³/mol. The van der Waals surface area contributed by atoms with E-state index in [-0.39, 0.29) is 22.0 Å². The van der Waals surface area contributed by atoms with Crippen LogP contribution in [-0.4, -0.2) is 28.6 Å². The fourth-order valence-electron chi connectivity index (χ4n) is 4.11. The van der Waals surface area contributed by atoms with E-state index in [4.69, 9.17) is 0 Å². The molecular weight excluding hydrogens is 527 g/mol. The summed E-state index contributed by atoms with van der Waals surface area (Å²) in [5.41, 5.74) is -0.886. The number of halogens is 3. The lowest BCUT2D eigenvalue weighted by atomic mass is 10.0. The standard InChI is InChI=1S/C29H30F3N3O3S/c1-27(2,3)34-39(37,38)22-10-8-9-20(17-22)19-13-15-21(16-14-19)35-18-25(28(4,5)36)33-26(35)23-11-6-7-12-24(23)29(30,31)32/h6-18,34,36H,1-5H3. The first kappa shape index (κ1) is 28.5. The summed E-state index contributed by atoms with van der Waals surface area (Å²) in [6.07, 6.45) is -3.08. The number of alkyl halides is 3. The van der Waals surface area contributed by atoms with E-state index in [1.165, 1.54) is 48.9 Å². The molecule has 0 aliphatic heterocycles. The van der Waals surface area contributed by atoms with Crippen molar-refractivity contribution in [2.75, 3.05) is 0 Å². The monoisotopic (exact) mass is 557 g/mol. The molecule has 0 saturated carbocycles. The molecule has 0 bridgehead atoms. The molecule has 0 aliphatic rings. The van der Waals surface area contributed by atoms with Gasteiger partial charge in [0.15, 0.2) is 0 Å². The fourth-order valence-corrected chi connectivity index (χ4v) is 5.57. The van der Waals surface area contributed by atoms with Crippen molar-refractivity contribution in [3.05, 3.63) is 90.3 Å². The maximum Gasteiger partial charge on any atom is 0.417 e. The Morgan fingerprint density at radius 1 is 0.846 bits per heavy atom. The summed E-state index contributed by atoms with van der Waals surface area (Å²) in [7, 11) is -3.74. The van der Waals surface area contributed by atoms with Gasteiger partial charge in [0.05, 0.1) is 16.2 Å². The van der Waals surface area contributed by atoms with Gasteiger partial charge in [-0.15, -0.1) is 0 Å². The van der Waals surface area contributed by atoms with Crippen molar-refractivity contribution in [2.45, 2.75) is 56.8 Å². The zero-order valence-corrected chi connectivity index (χ0v) is 23.0. The van der Waals surface area contributed by atoms with E-state index in [1.807, 2.05) is 0 Å². The number of nitrogens with zero attached hydrogens (tertiary/aromatic N) is 2. The Morgan fingerprint density at radius 3 is 2.08 bits per heavy atom. The molecule has 4 aromatic rings. The van der Waals surface area contributed by atoms with Crippen LogP contribution in [0.3, 0.4) is 0 Å². The average Bonchev–Trinajstić information content (AvgIpc) is 3.28. The zero-order valence-electron chi connectivity index (χ0n) is 22.2. The van der Waals surface area contributed by atoms with Gasteiger partial charge in [0.1, 0.15) is 11.4 Å². The van der Waals surface area contributed by atoms with Gasteiger partial charge in [-0.25, -0.2) is 18.1 Å². The van der Waals surface area contributed by atoms with E-state index in [9.17, 15) is 26.7 Å². The Hall–Kier alpha value is -3.47. The summed E-state index contributed by atoms with van der Waals surface area (Å²) < 4.78 is 71.2. The van der Waals surface area contributed by atoms with Gasteiger partial charge in [-0.3, -0.25) is 4.57 Å². The zero-order chi connectivity index (χ0) is 28.8. The number of rotatable bonds is 6. The number of hydrogen-bond acceptors (Lipinski definition) is 4. The van der Waals surface area contributed by atoms with Crippen LogP contribution >= 0.6 is 0 Å². The molecular formula is C29H30F3N3O3S. The number of imidazole rings is 1. The number of nitrogens with one attached hydrogen (secondary N) is 1. The molecule has 0 amide bonds. The maximum absolute atomic E-state index is 13.8. The van der Waals surface area contributed by atoms with Gasteiger partial charge in [-0.2, -0.15) is 13.2 Å². The lowest BCUT2D eigenvalue weighted by Gasteiger charge is -2.20. The Kier molecular flexibility index (Phi) is 7.26. The van der Waals surface area contributed by atoms with E-state index >= 15 is 0 Å². The highest BCUT2D eigenvalue weighted by atomic mass is 32.2. The van der Waals surface area contributed by atoms with Crippen LogP contribution in [0.5, 0.6) is 0 Å². The van der Waals surface area contributed by atoms with Crippen LogP contribution in [0.4, 0.5) is 13.2 Å². The fraction of sp³-hybridized carbons (Fsp3) is 0.276. The second kappa shape index (κ2) is 9.93. The molecule has 3 aromatic carbocycles. The predicted octanol–water partition coefficient (Wildman–Crippen LogP) is 6.53. The van der Waals surface area contributed by atoms with Gasteiger partial charge in [0, 0.05) is 23.0 Å². The maximum atomic E-state index is 13.8. The summed E-state index contributed by atoms with van der Waals surface area (Å²) in [5, 5.41) is 10.6. The Bertz CT molecular complexity index is 1600. The Labute approximate surface area is 226 Å². The summed E-state index contributed by atoms with van der Waals surface area (Å²) in [6, 6.07) is 18.6. The molecule has 206 valence electrons. The molecule has 2 N–H and O–H groups in total. The summed E-state index contributed by atoms with van der Waals surface area (Å²) in [6.45, 7) is 8.30. The van der Waals surface area contributed by atoms with Crippen molar-refractivity contribution in [3.8, 4) is 28.2 Å². The minimum absolute atomic E-state index is 0.0362. The number of benzene rings is 3. The lowest BCUT2D eigenvalue weighted by Crippen LogP contribution is -2.40. The minimum atomic E-state index is -4.60. The van der Waals surface area contributed by atoms with Gasteiger partial charge >= 0.3 is 6.18 Å². The number of hydrogen-bond donors (Lipinski definition) is 2. The van der Waals surface area contributed by atoms with E-state index in [2.05, 4.69) is 9.71 Å². The van der Waals surface area contributed by atoms with Crippen molar-refractivity contribution >= 4 is 10.0 Å². The summed E-state index contributed by atoms with van der Waals surface area (Å²) in [4.78, 5) is 4.51. The van der Waals surface area contributed by atoms with Gasteiger partial charge < -0.3 is 5.11 Å². The SMILES string of the molecule is CC(C)(C)NS(=O)(=O)c1cccc(-c2ccc(-n3cc(C(C)(C)O)nc3-c3ccccc3C(F)(F)F)cc2)c1. The third-order valence-electron chi connectivity index (χ3n) is 5.87. The Balaban J connectivity index is 1.78. The quantitative estimate of drug-likeness (QED) is 0.282. The van der Waals surface area contributed by atoms with Crippen LogP contribution < -0.4 is 4.72 Å². The van der Waals surface area contributed by atoms with E-state index in [0.717, 1.165) is 6.07 Å². The van der Waals surface area contributed by atoms with Crippen LogP contribution in [0.1, 0.15) is 45.9 Å². The highest BCUT2D eigenvalue weighted by Crippen LogP contribution is 2.38. The Morgan fingerprint density at radius 2 is 1.49 bits per heavy atom. The summed E-state index contributed by atoms with van der Waals surface area (Å²) in [5.74, 6) is 0.0362. The first-order valence-corrected chi connectivity index (χ1v) is 13.7. The molecule has 0 saturated heterocycles. The van der Waals surface area contributed by atoms with E-state index in [0.29, 0.717) is 16.8 Å². The molecule has 1 aromatic heterocycles. The van der Waals surface area contributed by atoms with Gasteiger partial charge in [0.25, 0.3) is 0 Å². The second-order valence-electron chi connectivity index (χ2n) is 10.9. The minimum Gasteiger partial charge on any atom is -0.384 e. The third-order valence-corrected chi connectivity index (χ3v) is 7.63. The molecule has 1 heterocycles. The highest BCUT2D eigenvalue weighted by Gasteiger charge is 2.35. The van der Waals surface area contributed by atoms with E-state index in [1.54, 1.807) is 63.2 Å². The van der Waals surface area contributed by atoms with Crippen molar-refractivity contribution in [1.29, 1.82) is 0 Å². The van der Waals surface area contributed by atoms with Gasteiger partial charge in [-0.1, -0.05) is 42.5 Å². The molecule has 10 heteroatoms. The first-order valence-electron chi connectivity index (χ1n) is 12.2. The number of aromatic nitrogens is 2. The molecule has 0 atom stereocenters. The van der Waals surface area contributed by atoms with Gasteiger partial charge in [-0.05, 0) is 76.1 Å². The van der Waals surface area contributed by atoms with Crippen molar-refractivity contribution < 1.29 is 26.7 Å². The molecule has 4 rings (SSSR count). The highest BCUT2D eigenvalue weighted by molar-refractivity contribution is 7.89. The molecule has 0 spiro atoms. The normalized spacial score (nSPS) is 13.1. The van der Waals surface area contributed by atoms with Gasteiger partial charge in [0.2, 0.25) is 10.0 Å². The number of sulfonamides is 1. The van der Waals surface area contributed by atoms with Crippen molar-refractivity contribution in [1.82, 2.24) is 14.3 Å². The average molecular weight is 558 g/mol. The molecule has 0 radical (unpaired) electrons. The third kappa shape index (κ3) is 6.41. The van der Waals surface area contributed by atoms with Crippen LogP contribution in [-0.2, 0) is 21.8 Å². The van der Waals surface area contributed by atoms with Crippen LogP contribution in [0.2, 0.25) is 0 Å². The molecule has 0 aliphatic carbocycles. The smallest absolute Gasteiger partial charge is 0.384 e. The summed E-state index contributed by atoms with van der Waals surface area (Å²) >= 11 is 0. The van der Waals surface area contributed by atoms with Crippen LogP contribution in [0, 0.1) is 0 Å². The second-order valence-corrected chi connectivity index (χ2v) is 12.5. The van der Waals surface area contributed by atoms with Crippen LogP contribution in [0.15, 0.2) is 83.9 Å². The molecule has 6 nitrogen and oxygen atoms in total. The van der Waals surface area contributed by atoms with Crippen molar-refractivity contribution in [2.24, 2.45) is 0 Å². The largest absolute Gasteiger partial charge is 0.417 e. The molecule has 0 unspecified atom stereocenters. The topological polar surface area (TPSA) is 84.2 Å². The van der Waals surface area contributed by atoms with Crippen molar-refractivity contribution in [3.63, 3.8) is 0 Å². The first-order chi connectivity index (χ1) is 18.0. The number of aliphatic hydroxyl groups is 1. The lowest BCUT2D eigenvalue weighted by molar-refractivity contribution is -0.137. The molecule has 39 heavy (non-hydrogen) atoms. The molecule has 0 fully saturated rings. The van der Waals surface area contributed by atoms with E-state index < -0.39 is 32.9 Å².